The van der Waals surface area contributed by atoms with Gasteiger partial charge in [-0.1, -0.05) is 12.1 Å². The molecule has 2 aromatic rings. The summed E-state index contributed by atoms with van der Waals surface area (Å²) in [4.78, 5) is 1.56. The van der Waals surface area contributed by atoms with Crippen LogP contribution in [0.2, 0.25) is 0 Å². The maximum absolute atomic E-state index is 5.86. The van der Waals surface area contributed by atoms with Crippen LogP contribution in [0.4, 0.5) is 0 Å². The first-order valence-electron chi connectivity index (χ1n) is 7.05. The zero-order chi connectivity index (χ0) is 13.9. The highest BCUT2D eigenvalue weighted by Gasteiger charge is 2.28. The second-order valence-electron chi connectivity index (χ2n) is 5.40. The molecule has 1 aliphatic carbocycles. The van der Waals surface area contributed by atoms with E-state index < -0.39 is 0 Å². The molecule has 106 valence electrons. The lowest BCUT2D eigenvalue weighted by Gasteiger charge is -2.30. The van der Waals surface area contributed by atoms with Crippen molar-refractivity contribution in [2.24, 2.45) is 5.84 Å². The SMILES string of the molecule is NNC(Cc1ccc(I)cc1)C1CCCc2sccc21. The molecule has 3 N–H and O–H groups in total. The smallest absolute Gasteiger partial charge is 0.0319 e. The van der Waals surface area contributed by atoms with Gasteiger partial charge in [0, 0.05) is 20.4 Å². The van der Waals surface area contributed by atoms with Crippen LogP contribution in [0.5, 0.6) is 0 Å². The van der Waals surface area contributed by atoms with E-state index in [1.54, 1.807) is 4.88 Å². The number of hydrogen-bond acceptors (Lipinski definition) is 3. The van der Waals surface area contributed by atoms with Gasteiger partial charge in [0.2, 0.25) is 0 Å². The van der Waals surface area contributed by atoms with Gasteiger partial charge in [-0.25, -0.2) is 0 Å². The number of benzene rings is 1. The fourth-order valence-corrected chi connectivity index (χ4v) is 4.49. The molecule has 0 radical (unpaired) electrons. The Morgan fingerprint density at radius 2 is 2.10 bits per heavy atom. The maximum Gasteiger partial charge on any atom is 0.0319 e. The molecule has 20 heavy (non-hydrogen) atoms. The quantitative estimate of drug-likeness (QED) is 0.467. The Balaban J connectivity index is 1.79. The van der Waals surface area contributed by atoms with Crippen molar-refractivity contribution in [3.05, 3.63) is 55.3 Å². The lowest BCUT2D eigenvalue weighted by molar-refractivity contribution is 0.397. The highest BCUT2D eigenvalue weighted by atomic mass is 127. The molecular weight excluding hydrogens is 379 g/mol. The van der Waals surface area contributed by atoms with Gasteiger partial charge in [0.05, 0.1) is 0 Å². The number of aryl methyl sites for hydroxylation is 1. The van der Waals surface area contributed by atoms with Crippen LogP contribution < -0.4 is 11.3 Å². The van der Waals surface area contributed by atoms with Crippen molar-refractivity contribution in [1.29, 1.82) is 0 Å². The first-order chi connectivity index (χ1) is 9.78. The number of nitrogens with two attached hydrogens (primary N) is 1. The Kier molecular flexibility index (Phi) is 4.75. The second-order valence-corrected chi connectivity index (χ2v) is 7.65. The number of rotatable bonds is 4. The molecule has 2 unspecified atom stereocenters. The highest BCUT2D eigenvalue weighted by molar-refractivity contribution is 14.1. The predicted octanol–water partition coefficient (Wildman–Crippen LogP) is 3.85. The molecule has 0 fully saturated rings. The fraction of sp³-hybridized carbons (Fsp3) is 0.375. The van der Waals surface area contributed by atoms with Crippen molar-refractivity contribution in [1.82, 2.24) is 5.43 Å². The van der Waals surface area contributed by atoms with Gasteiger partial charge in [0.15, 0.2) is 0 Å². The summed E-state index contributed by atoms with van der Waals surface area (Å²) in [7, 11) is 0. The standard InChI is InChI=1S/C16H19IN2S/c17-12-6-4-11(5-7-12)10-15(19-18)13-2-1-3-16-14(13)8-9-20-16/h4-9,13,15,19H,1-3,10,18H2. The van der Waals surface area contributed by atoms with Gasteiger partial charge in [0.1, 0.15) is 0 Å². The first kappa shape index (κ1) is 14.5. The Labute approximate surface area is 137 Å². The van der Waals surface area contributed by atoms with Crippen molar-refractivity contribution in [2.45, 2.75) is 37.6 Å². The maximum atomic E-state index is 5.86. The summed E-state index contributed by atoms with van der Waals surface area (Å²) in [6.07, 6.45) is 4.75. The van der Waals surface area contributed by atoms with E-state index in [2.05, 4.69) is 63.7 Å². The monoisotopic (exact) mass is 398 g/mol. The summed E-state index contributed by atoms with van der Waals surface area (Å²) in [5, 5.41) is 2.22. The molecule has 0 spiro atoms. The topological polar surface area (TPSA) is 38.0 Å². The van der Waals surface area contributed by atoms with Gasteiger partial charge in [0.25, 0.3) is 0 Å². The van der Waals surface area contributed by atoms with Gasteiger partial charge < -0.3 is 0 Å². The number of hydrazine groups is 1. The van der Waals surface area contributed by atoms with Gasteiger partial charge in [-0.2, -0.15) is 0 Å². The largest absolute Gasteiger partial charge is 0.271 e. The highest BCUT2D eigenvalue weighted by Crippen LogP contribution is 2.37. The van der Waals surface area contributed by atoms with E-state index in [1.165, 1.54) is 34.0 Å². The molecule has 1 aromatic carbocycles. The third kappa shape index (κ3) is 3.08. The number of hydrogen-bond donors (Lipinski definition) is 2. The molecule has 4 heteroatoms. The summed E-state index contributed by atoms with van der Waals surface area (Å²) in [6.45, 7) is 0. The van der Waals surface area contributed by atoms with E-state index in [-0.39, 0.29) is 0 Å². The van der Waals surface area contributed by atoms with Crippen LogP contribution in [0.25, 0.3) is 0 Å². The van der Waals surface area contributed by atoms with Crippen LogP contribution in [0.1, 0.15) is 34.8 Å². The Bertz CT molecular complexity index is 564. The predicted molar refractivity (Wildman–Crippen MR) is 94.0 cm³/mol. The van der Waals surface area contributed by atoms with Gasteiger partial charge in [-0.05, 0) is 83.0 Å². The molecule has 1 aliphatic rings. The molecule has 1 aromatic heterocycles. The number of fused-ring (bicyclic) bond motifs is 1. The fourth-order valence-electron chi connectivity index (χ4n) is 3.13. The van der Waals surface area contributed by atoms with E-state index in [0.29, 0.717) is 12.0 Å². The number of halogens is 1. The van der Waals surface area contributed by atoms with Gasteiger partial charge >= 0.3 is 0 Å². The van der Waals surface area contributed by atoms with Crippen molar-refractivity contribution in [3.63, 3.8) is 0 Å². The third-order valence-electron chi connectivity index (χ3n) is 4.17. The van der Waals surface area contributed by atoms with Crippen molar-refractivity contribution in [2.75, 3.05) is 0 Å². The minimum absolute atomic E-state index is 0.323. The molecule has 1 heterocycles. The molecule has 3 rings (SSSR count). The summed E-state index contributed by atoms with van der Waals surface area (Å²) in [5.41, 5.74) is 5.95. The first-order valence-corrected chi connectivity index (χ1v) is 9.00. The van der Waals surface area contributed by atoms with Crippen LogP contribution in [0.15, 0.2) is 35.7 Å². The Morgan fingerprint density at radius 1 is 1.30 bits per heavy atom. The van der Waals surface area contributed by atoms with Crippen molar-refractivity contribution < 1.29 is 0 Å². The molecule has 0 amide bonds. The molecule has 0 saturated carbocycles. The Morgan fingerprint density at radius 3 is 2.85 bits per heavy atom. The Hall–Kier alpha value is -0.430. The molecular formula is C16H19IN2S. The van der Waals surface area contributed by atoms with Crippen LogP contribution in [-0.4, -0.2) is 6.04 Å². The summed E-state index contributed by atoms with van der Waals surface area (Å²) >= 11 is 4.24. The minimum atomic E-state index is 0.323. The van der Waals surface area contributed by atoms with Gasteiger partial charge in [-0.15, -0.1) is 11.3 Å². The van der Waals surface area contributed by atoms with E-state index in [4.69, 9.17) is 5.84 Å². The lowest BCUT2D eigenvalue weighted by Crippen LogP contribution is -2.42. The van der Waals surface area contributed by atoms with Crippen molar-refractivity contribution in [3.8, 4) is 0 Å². The van der Waals surface area contributed by atoms with Crippen LogP contribution in [0, 0.1) is 3.57 Å². The number of nitrogens with one attached hydrogen (secondary N) is 1. The molecule has 2 nitrogen and oxygen atoms in total. The summed E-state index contributed by atoms with van der Waals surface area (Å²) < 4.78 is 1.28. The summed E-state index contributed by atoms with van der Waals surface area (Å²) in [5.74, 6) is 6.41. The molecule has 0 aliphatic heterocycles. The molecule has 0 bridgehead atoms. The van der Waals surface area contributed by atoms with E-state index in [9.17, 15) is 0 Å². The zero-order valence-corrected chi connectivity index (χ0v) is 14.3. The zero-order valence-electron chi connectivity index (χ0n) is 11.3. The van der Waals surface area contributed by atoms with E-state index in [0.717, 1.165) is 6.42 Å². The van der Waals surface area contributed by atoms with Crippen molar-refractivity contribution >= 4 is 33.9 Å². The summed E-state index contributed by atoms with van der Waals surface area (Å²) in [6, 6.07) is 11.4. The average Bonchev–Trinajstić information content (AvgIpc) is 2.95. The van der Waals surface area contributed by atoms with Crippen LogP contribution >= 0.6 is 33.9 Å². The van der Waals surface area contributed by atoms with Gasteiger partial charge in [-0.3, -0.25) is 11.3 Å². The second kappa shape index (κ2) is 6.56. The van der Waals surface area contributed by atoms with E-state index >= 15 is 0 Å². The normalized spacial score (nSPS) is 19.6. The van der Waals surface area contributed by atoms with Crippen LogP contribution in [-0.2, 0) is 12.8 Å². The molecule has 2 atom stereocenters. The van der Waals surface area contributed by atoms with Crippen LogP contribution in [0.3, 0.4) is 0 Å². The molecule has 0 saturated heterocycles. The van der Waals surface area contributed by atoms with E-state index in [1.807, 2.05) is 11.3 Å². The lowest BCUT2D eigenvalue weighted by atomic mass is 9.80. The minimum Gasteiger partial charge on any atom is -0.271 e. The third-order valence-corrected chi connectivity index (χ3v) is 5.88. The number of thiophene rings is 1. The average molecular weight is 398 g/mol.